The zero-order valence-corrected chi connectivity index (χ0v) is 24.8. The monoisotopic (exact) mass is 621 g/mol. The lowest BCUT2D eigenvalue weighted by molar-refractivity contribution is -0.139. The minimum absolute atomic E-state index is 0.0119. The number of benzene rings is 3. The van der Waals surface area contributed by atoms with Crippen LogP contribution in [0.1, 0.15) is 21.5 Å². The zero-order valence-electron chi connectivity index (χ0n) is 21.6. The Hall–Kier alpha value is -3.10. The number of furan rings is 1. The van der Waals surface area contributed by atoms with E-state index in [2.05, 4.69) is 5.32 Å². The number of fused-ring (bicyclic) bond motifs is 1. The van der Waals surface area contributed by atoms with Gasteiger partial charge in [0.2, 0.25) is 0 Å². The van der Waals surface area contributed by atoms with Crippen molar-refractivity contribution in [1.82, 2.24) is 5.32 Å². The summed E-state index contributed by atoms with van der Waals surface area (Å²) in [5, 5.41) is 13.0. The Morgan fingerprint density at radius 2 is 1.68 bits per heavy atom. The second kappa shape index (κ2) is 11.8. The predicted octanol–water partition coefficient (Wildman–Crippen LogP) is 5.43. The summed E-state index contributed by atoms with van der Waals surface area (Å²) in [5.74, 6) is -2.11. The Bertz CT molecular complexity index is 1710. The number of carbonyl (C=O) groups is 2. The van der Waals surface area contributed by atoms with E-state index >= 15 is 0 Å². The van der Waals surface area contributed by atoms with Gasteiger partial charge in [-0.05, 0) is 60.6 Å². The lowest BCUT2D eigenvalue weighted by Gasteiger charge is -2.17. The maximum atomic E-state index is 13.4. The molecule has 0 bridgehead atoms. The highest BCUT2D eigenvalue weighted by molar-refractivity contribution is 7.90. The van der Waals surface area contributed by atoms with Gasteiger partial charge in [-0.1, -0.05) is 53.5 Å². The quantitative estimate of drug-likeness (QED) is 0.226. The predicted molar refractivity (Wildman–Crippen MR) is 157 cm³/mol. The second-order valence-electron chi connectivity index (χ2n) is 9.62. The number of halogens is 2. The van der Waals surface area contributed by atoms with Crippen molar-refractivity contribution < 1.29 is 32.1 Å². The van der Waals surface area contributed by atoms with Gasteiger partial charge in [0, 0.05) is 24.2 Å². The number of para-hydroxylation sites is 1. The van der Waals surface area contributed by atoms with Crippen molar-refractivity contribution in [3.63, 3.8) is 0 Å². The molecule has 2 N–H and O–H groups in total. The molecule has 0 aliphatic heterocycles. The van der Waals surface area contributed by atoms with Gasteiger partial charge in [0.1, 0.15) is 18.8 Å². The van der Waals surface area contributed by atoms with Crippen molar-refractivity contribution in [2.45, 2.75) is 23.8 Å². The molecule has 4 aromatic rings. The highest BCUT2D eigenvalue weighted by atomic mass is 35.5. The number of hydrogen-bond donors (Lipinski definition) is 2. The third kappa shape index (κ3) is 6.96. The third-order valence-electron chi connectivity index (χ3n) is 6.40. The average molecular weight is 622 g/mol. The number of hydrogen-bond acceptors (Lipinski definition) is 6. The van der Waals surface area contributed by atoms with Crippen LogP contribution in [0.4, 0.5) is 0 Å². The highest BCUT2D eigenvalue weighted by Gasteiger charge is 2.26. The molecule has 0 aliphatic rings. The molecule has 0 aliphatic carbocycles. The van der Waals surface area contributed by atoms with E-state index in [1.54, 1.807) is 18.8 Å². The number of sulfone groups is 1. The molecule has 210 valence electrons. The summed E-state index contributed by atoms with van der Waals surface area (Å²) < 4.78 is 42.9. The van der Waals surface area contributed by atoms with E-state index in [1.165, 1.54) is 30.3 Å². The van der Waals surface area contributed by atoms with Crippen molar-refractivity contribution >= 4 is 68.5 Å². The van der Waals surface area contributed by atoms with Crippen LogP contribution in [-0.2, 0) is 32.0 Å². The summed E-state index contributed by atoms with van der Waals surface area (Å²) in [7, 11) is -6.35. The molecule has 0 fully saturated rings. The topological polar surface area (TPSA) is 131 Å². The summed E-state index contributed by atoms with van der Waals surface area (Å²) >= 11 is 12.8. The fourth-order valence-corrected chi connectivity index (χ4v) is 7.21. The first-order chi connectivity index (χ1) is 18.7. The summed E-state index contributed by atoms with van der Waals surface area (Å²) in [6, 6.07) is 16.7. The molecule has 3 aromatic carbocycles. The van der Waals surface area contributed by atoms with Crippen LogP contribution in [0, 0.1) is 0 Å². The molecule has 1 aromatic heterocycles. The van der Waals surface area contributed by atoms with Crippen LogP contribution in [0.2, 0.25) is 10.0 Å². The van der Waals surface area contributed by atoms with Crippen molar-refractivity contribution in [3.8, 4) is 0 Å². The fraction of sp³-hybridized carbons (Fsp3) is 0.214. The van der Waals surface area contributed by atoms with Gasteiger partial charge in [-0.3, -0.25) is 4.79 Å². The van der Waals surface area contributed by atoms with Crippen molar-refractivity contribution in [2.75, 3.05) is 19.1 Å². The number of aryl methyl sites for hydroxylation is 1. The summed E-state index contributed by atoms with van der Waals surface area (Å²) in [5.41, 5.74) is 2.04. The number of aliphatic carboxylic acids is 1. The second-order valence-corrected chi connectivity index (χ2v) is 15.5. The van der Waals surface area contributed by atoms with E-state index in [0.717, 1.165) is 11.6 Å². The maximum Gasteiger partial charge on any atom is 0.326 e. The molecule has 2 atom stereocenters. The molecule has 0 saturated heterocycles. The molecule has 40 heavy (non-hydrogen) atoms. The summed E-state index contributed by atoms with van der Waals surface area (Å²) in [6.45, 7) is 1.65. The maximum absolute atomic E-state index is 13.4. The van der Waals surface area contributed by atoms with Crippen LogP contribution in [0.5, 0.6) is 0 Å². The van der Waals surface area contributed by atoms with E-state index in [1.807, 2.05) is 24.3 Å². The number of carboxylic acid groups (broad SMARTS) is 1. The van der Waals surface area contributed by atoms with E-state index in [9.17, 15) is 27.7 Å². The van der Waals surface area contributed by atoms with Gasteiger partial charge in [-0.2, -0.15) is 0 Å². The van der Waals surface area contributed by atoms with Gasteiger partial charge < -0.3 is 19.4 Å². The van der Waals surface area contributed by atoms with E-state index < -0.39 is 34.9 Å². The molecular weight excluding hydrogens is 596 g/mol. The smallest absolute Gasteiger partial charge is 0.326 e. The summed E-state index contributed by atoms with van der Waals surface area (Å²) in [4.78, 5) is 25.0. The average Bonchev–Trinajstić information content (AvgIpc) is 3.32. The normalized spacial score (nSPS) is 14.0. The number of amides is 1. The Balaban J connectivity index is 1.48. The van der Waals surface area contributed by atoms with E-state index in [0.29, 0.717) is 28.6 Å². The van der Waals surface area contributed by atoms with Crippen molar-refractivity contribution in [3.05, 3.63) is 93.5 Å². The van der Waals surface area contributed by atoms with Crippen molar-refractivity contribution in [2.24, 2.45) is 0 Å². The summed E-state index contributed by atoms with van der Waals surface area (Å²) in [6.07, 6.45) is 1.51. The zero-order chi connectivity index (χ0) is 29.2. The first-order valence-electron chi connectivity index (χ1n) is 12.1. The van der Waals surface area contributed by atoms with Crippen LogP contribution in [0.15, 0.2) is 76.0 Å². The van der Waals surface area contributed by atoms with Gasteiger partial charge in [-0.25, -0.2) is 13.2 Å². The molecule has 4 rings (SSSR count). The van der Waals surface area contributed by atoms with Crippen LogP contribution >= 0.6 is 30.3 Å². The molecule has 12 heteroatoms. The number of carbonyl (C=O) groups excluding carboxylic acids is 1. The molecule has 0 spiro atoms. The number of carboxylic acids is 1. The molecule has 1 amide bonds. The fourth-order valence-electron chi connectivity index (χ4n) is 4.21. The van der Waals surface area contributed by atoms with Crippen LogP contribution in [-0.4, -0.2) is 50.5 Å². The standard InChI is InChI=1S/C28H26Cl2NO7PS/c1-39(35,25-16-19-7-3-4-9-24(19)38-25)11-10-18-13-21(29)26(22(30)14-18)27(32)31-23(28(33)34)15-17-6-5-8-20(12-17)40(2,36)37/h3-9,12-14,16,23H,10-11,15H2,1-2H3,(H,31,32)(H,33,34)/t23-,39?/m0/s1. The number of nitrogens with one attached hydrogen (secondary N) is 1. The molecule has 1 unspecified atom stereocenters. The molecule has 0 saturated carbocycles. The van der Waals surface area contributed by atoms with Gasteiger partial charge >= 0.3 is 5.97 Å². The van der Waals surface area contributed by atoms with Crippen LogP contribution < -0.4 is 10.8 Å². The Kier molecular flexibility index (Phi) is 8.80. The molecular formula is C28H26Cl2NO7PS. The Morgan fingerprint density at radius 3 is 2.30 bits per heavy atom. The van der Waals surface area contributed by atoms with Gasteiger partial charge in [0.05, 0.1) is 20.5 Å². The largest absolute Gasteiger partial charge is 0.480 e. The van der Waals surface area contributed by atoms with Crippen molar-refractivity contribution in [1.29, 1.82) is 0 Å². The Labute approximate surface area is 241 Å². The van der Waals surface area contributed by atoms with Gasteiger partial charge in [0.25, 0.3) is 5.91 Å². The van der Waals surface area contributed by atoms with Crippen LogP contribution in [0.25, 0.3) is 11.0 Å². The molecule has 0 radical (unpaired) electrons. The lowest BCUT2D eigenvalue weighted by Crippen LogP contribution is -2.42. The van der Waals surface area contributed by atoms with Gasteiger partial charge in [-0.15, -0.1) is 0 Å². The van der Waals surface area contributed by atoms with E-state index in [-0.39, 0.29) is 33.1 Å². The number of rotatable bonds is 10. The minimum atomic E-state index is -3.49. The lowest BCUT2D eigenvalue weighted by atomic mass is 10.0. The first kappa shape index (κ1) is 29.9. The molecule has 1 heterocycles. The third-order valence-corrected chi connectivity index (χ3v) is 10.3. The SMILES string of the molecule is CP(=O)(CCc1cc(Cl)c(C(=O)N[C@@H](Cc2cccc(S(C)(=O)=O)c2)C(=O)O)c(Cl)c1)c1cc2ccccc2o1. The van der Waals surface area contributed by atoms with E-state index in [4.69, 9.17) is 27.6 Å². The first-order valence-corrected chi connectivity index (χ1v) is 17.1. The Morgan fingerprint density at radius 1 is 1.00 bits per heavy atom. The molecule has 8 nitrogen and oxygen atoms in total. The highest BCUT2D eigenvalue weighted by Crippen LogP contribution is 2.42. The van der Waals surface area contributed by atoms with Gasteiger partial charge in [0.15, 0.2) is 15.3 Å². The minimum Gasteiger partial charge on any atom is -0.480 e. The van der Waals surface area contributed by atoms with Crippen LogP contribution in [0.3, 0.4) is 0 Å².